The Hall–Kier alpha value is -2.25. The highest BCUT2D eigenvalue weighted by atomic mass is 16.8. The molecule has 19 atom stereocenters. The quantitative estimate of drug-likeness (QED) is 0.0926. The number of morpholine rings is 1. The molecule has 6 rings (SSSR count). The molecule has 2 amide bonds. The Morgan fingerprint density at radius 1 is 0.864 bits per heavy atom. The fourth-order valence-corrected chi connectivity index (χ4v) is 12.3. The van der Waals surface area contributed by atoms with Gasteiger partial charge < -0.3 is 59.5 Å². The van der Waals surface area contributed by atoms with E-state index in [0.717, 1.165) is 19.5 Å². The molecule has 0 bridgehead atoms. The van der Waals surface area contributed by atoms with Crippen LogP contribution in [0.25, 0.3) is 0 Å². The van der Waals surface area contributed by atoms with E-state index in [-0.39, 0.29) is 35.9 Å². The number of ether oxygens (including phenoxy) is 6. The van der Waals surface area contributed by atoms with Gasteiger partial charge in [-0.25, -0.2) is 0 Å². The van der Waals surface area contributed by atoms with Crippen LogP contribution >= 0.6 is 0 Å². The van der Waals surface area contributed by atoms with E-state index in [9.17, 15) is 34.8 Å². The van der Waals surface area contributed by atoms with Crippen LogP contribution in [0.2, 0.25) is 0 Å². The Bertz CT molecular complexity index is 1680. The average Bonchev–Trinajstić information content (AvgIpc) is 3.64. The molecule has 6 N–H and O–H groups in total. The van der Waals surface area contributed by atoms with Crippen LogP contribution < -0.4 is 10.6 Å². The van der Waals surface area contributed by atoms with Crippen molar-refractivity contribution in [2.45, 2.75) is 205 Å². The Morgan fingerprint density at radius 3 is 2.21 bits per heavy atom. The highest BCUT2D eigenvalue weighted by Gasteiger charge is 2.63. The third kappa shape index (κ3) is 11.0. The number of aliphatic hydroxyl groups excluding tert-OH is 2. The summed E-state index contributed by atoms with van der Waals surface area (Å²) in [4.78, 5) is 41.2. The number of amides is 2. The van der Waals surface area contributed by atoms with Gasteiger partial charge >= 0.3 is 17.8 Å². The number of aliphatic carboxylic acids is 1. The summed E-state index contributed by atoms with van der Waals surface area (Å²) in [7, 11) is 0. The number of nitrogens with zero attached hydrogens (tertiary/aromatic N) is 1. The maximum atomic E-state index is 13.7. The number of carbonyl (C=O) groups is 3. The van der Waals surface area contributed by atoms with Gasteiger partial charge in [0, 0.05) is 56.3 Å². The molecule has 6 aliphatic heterocycles. The highest BCUT2D eigenvalue weighted by Crippen LogP contribution is 2.54. The fourth-order valence-electron chi connectivity index (χ4n) is 12.3. The monoisotopic (exact) mass is 936 g/mol. The van der Waals surface area contributed by atoms with Gasteiger partial charge in [0.15, 0.2) is 11.6 Å². The van der Waals surface area contributed by atoms with E-state index < -0.39 is 94.9 Å². The number of hydrogen-bond acceptors (Lipinski definition) is 13. The molecule has 6 aliphatic rings. The van der Waals surface area contributed by atoms with Crippen LogP contribution in [0, 0.1) is 41.4 Å². The van der Waals surface area contributed by atoms with Gasteiger partial charge in [-0.15, -0.1) is 0 Å². The number of hydrogen-bond donors (Lipinski definition) is 6. The minimum absolute atomic E-state index is 0.00724. The smallest absolute Gasteiger partial charge is 0.309 e. The van der Waals surface area contributed by atoms with Crippen molar-refractivity contribution in [3.05, 3.63) is 12.2 Å². The van der Waals surface area contributed by atoms with Crippen LogP contribution in [0.1, 0.15) is 133 Å². The van der Waals surface area contributed by atoms with E-state index in [1.807, 2.05) is 60.6 Å². The van der Waals surface area contributed by atoms with Gasteiger partial charge in [0.2, 0.25) is 0 Å². The summed E-state index contributed by atoms with van der Waals surface area (Å²) in [5.74, 6) is -7.33. The van der Waals surface area contributed by atoms with Crippen LogP contribution in [0.5, 0.6) is 0 Å². The Balaban J connectivity index is 1.22. The van der Waals surface area contributed by atoms with Crippen LogP contribution in [0.15, 0.2) is 12.2 Å². The zero-order chi connectivity index (χ0) is 48.4. The van der Waals surface area contributed by atoms with Crippen molar-refractivity contribution in [2.75, 3.05) is 39.4 Å². The van der Waals surface area contributed by atoms with E-state index in [1.165, 1.54) is 0 Å². The van der Waals surface area contributed by atoms with Crippen molar-refractivity contribution < 1.29 is 63.2 Å². The van der Waals surface area contributed by atoms with E-state index in [4.69, 9.17) is 28.4 Å². The summed E-state index contributed by atoms with van der Waals surface area (Å²) in [5, 5.41) is 51.1. The van der Waals surface area contributed by atoms with Crippen LogP contribution in [-0.2, 0) is 42.8 Å². The summed E-state index contributed by atoms with van der Waals surface area (Å²) in [5.41, 5.74) is -1.82. The number of carboxylic acids is 1. The van der Waals surface area contributed by atoms with Crippen molar-refractivity contribution in [2.24, 2.45) is 41.4 Å². The molecule has 0 aliphatic carbocycles. The van der Waals surface area contributed by atoms with Crippen molar-refractivity contribution in [1.82, 2.24) is 15.5 Å². The minimum atomic E-state index is -1.47. The normalized spacial score (nSPS) is 41.4. The predicted molar refractivity (Wildman–Crippen MR) is 246 cm³/mol. The third-order valence-electron chi connectivity index (χ3n) is 17.0. The summed E-state index contributed by atoms with van der Waals surface area (Å²) in [6.07, 6.45) is 5.24. The molecule has 0 aromatic heterocycles. The number of aliphatic hydroxyl groups is 3. The van der Waals surface area contributed by atoms with Gasteiger partial charge in [-0.3, -0.25) is 19.3 Å². The summed E-state index contributed by atoms with van der Waals surface area (Å²) < 4.78 is 40.1. The van der Waals surface area contributed by atoms with E-state index >= 15 is 0 Å². The molecule has 0 aromatic rings. The molecule has 66 heavy (non-hydrogen) atoms. The van der Waals surface area contributed by atoms with E-state index in [2.05, 4.69) is 36.3 Å². The van der Waals surface area contributed by atoms with Crippen LogP contribution in [0.4, 0.5) is 0 Å². The molecule has 5 fully saturated rings. The van der Waals surface area contributed by atoms with Crippen molar-refractivity contribution in [3.8, 4) is 0 Å². The van der Waals surface area contributed by atoms with E-state index in [0.29, 0.717) is 84.1 Å². The largest absolute Gasteiger partial charge is 0.481 e. The summed E-state index contributed by atoms with van der Waals surface area (Å²) >= 11 is 0. The SMILES string of the molecule is CCC(C(O)[C@@H](C)[C@@H](O)[C@H](C)[C@@H]1O[C@@H]([C@@H](CC)C(=O)O)CC[C@@H]1C)[C@H]1O[C@]2(C=C[C@@H](NC(=O)C(=O)NCCN3CCOCC3)[C@]3(CC[C@@](C)([C@H]4CC[C@](O)(CC)[C@H](C)O4)O3)O2)[C@H](C)C[C@@H]1C. The zero-order valence-electron chi connectivity index (χ0n) is 41.5. The summed E-state index contributed by atoms with van der Waals surface area (Å²) in [6.45, 7) is 23.4. The van der Waals surface area contributed by atoms with E-state index in [1.54, 1.807) is 0 Å². The average molecular weight is 936 g/mol. The molecule has 0 aromatic carbocycles. The fraction of sp³-hybridized carbons (Fsp3) is 0.900. The predicted octanol–water partition coefficient (Wildman–Crippen LogP) is 4.55. The summed E-state index contributed by atoms with van der Waals surface area (Å²) in [6, 6.07) is -0.874. The van der Waals surface area contributed by atoms with Gasteiger partial charge in [0.05, 0.1) is 73.1 Å². The molecule has 16 nitrogen and oxygen atoms in total. The van der Waals surface area contributed by atoms with Crippen molar-refractivity contribution in [3.63, 3.8) is 0 Å². The molecule has 0 saturated carbocycles. The molecule has 0 radical (unpaired) electrons. The van der Waals surface area contributed by atoms with Gasteiger partial charge in [-0.2, -0.15) is 0 Å². The lowest BCUT2D eigenvalue weighted by molar-refractivity contribution is -0.400. The molecular weight excluding hydrogens is 851 g/mol. The first-order valence-corrected chi connectivity index (χ1v) is 25.4. The zero-order valence-corrected chi connectivity index (χ0v) is 41.5. The maximum absolute atomic E-state index is 13.7. The molecule has 16 heteroatoms. The van der Waals surface area contributed by atoms with Crippen LogP contribution in [0.3, 0.4) is 0 Å². The van der Waals surface area contributed by atoms with Crippen LogP contribution in [-0.4, -0.2) is 154 Å². The van der Waals surface area contributed by atoms with Crippen molar-refractivity contribution >= 4 is 17.8 Å². The first-order valence-electron chi connectivity index (χ1n) is 25.4. The van der Waals surface area contributed by atoms with Gasteiger partial charge in [0.1, 0.15) is 6.04 Å². The first-order chi connectivity index (χ1) is 31.2. The maximum Gasteiger partial charge on any atom is 0.309 e. The number of nitrogens with one attached hydrogen (secondary N) is 2. The lowest BCUT2D eigenvalue weighted by Crippen LogP contribution is -2.66. The first kappa shape index (κ1) is 53.1. The molecule has 5 saturated heterocycles. The Morgan fingerprint density at radius 2 is 1.58 bits per heavy atom. The second-order valence-corrected chi connectivity index (χ2v) is 21.3. The Kier molecular flexibility index (Phi) is 17.5. The molecule has 2 unspecified atom stereocenters. The van der Waals surface area contributed by atoms with Gasteiger partial charge in [-0.05, 0) is 89.5 Å². The lowest BCUT2D eigenvalue weighted by Gasteiger charge is -2.55. The van der Waals surface area contributed by atoms with Gasteiger partial charge in [0.25, 0.3) is 0 Å². The van der Waals surface area contributed by atoms with Gasteiger partial charge in [-0.1, -0.05) is 61.5 Å². The topological polar surface area (TPSA) is 215 Å². The Labute approximate surface area is 393 Å². The molecule has 6 heterocycles. The third-order valence-corrected chi connectivity index (χ3v) is 17.0. The van der Waals surface area contributed by atoms with Crippen molar-refractivity contribution in [1.29, 1.82) is 0 Å². The standard InChI is InChI=1S/C50H85N3O13/c1-11-35(46(58)59)37-15-14-29(4)42(63-37)33(8)40(54)32(7)41(55)36(12-2)43-30(5)28-31(6)49(64-43)19-16-38(52-45(57)44(56)51-22-23-53-24-26-61-27-25-53)50(66-49)21-20-47(10,65-50)39-17-18-48(60,13-3)34(9)62-39/h16,19,29-43,54-55,60H,11-15,17-18,20-28H2,1-10H3,(H,51,56)(H,52,57)(H,58,59)/t29-,30-,31+,32-,33-,34-,35+,36?,37+,38+,39+,40+,41?,42+,43-,47-,48+,49-,50-/m0/s1. The highest BCUT2D eigenvalue weighted by molar-refractivity contribution is 6.35. The number of rotatable bonds is 16. The molecule has 378 valence electrons. The lowest BCUT2D eigenvalue weighted by atomic mass is 9.72. The molecule has 2 spiro atoms. The second kappa shape index (κ2) is 21.8. The number of carboxylic acid groups (broad SMARTS) is 1. The molecular formula is C50H85N3O13. The minimum Gasteiger partial charge on any atom is -0.481 e. The second-order valence-electron chi connectivity index (χ2n) is 21.3. The number of carbonyl (C=O) groups excluding carboxylic acids is 2.